The molecule has 0 aromatic rings. The van der Waals surface area contributed by atoms with E-state index in [2.05, 4.69) is 19.2 Å². The molecule has 0 amide bonds. The predicted molar refractivity (Wildman–Crippen MR) is 67.5 cm³/mol. The van der Waals surface area contributed by atoms with Gasteiger partial charge >= 0.3 is 0 Å². The van der Waals surface area contributed by atoms with Crippen molar-refractivity contribution in [3.8, 4) is 0 Å². The molecule has 1 N–H and O–H groups in total. The molecule has 0 saturated heterocycles. The summed E-state index contributed by atoms with van der Waals surface area (Å²) < 4.78 is 5.35. The first-order valence-corrected chi connectivity index (χ1v) is 7.12. The summed E-state index contributed by atoms with van der Waals surface area (Å²) in [4.78, 5) is 0. The molecule has 0 radical (unpaired) electrons. The van der Waals surface area contributed by atoms with Crippen molar-refractivity contribution >= 4 is 0 Å². The second kappa shape index (κ2) is 6.02. The number of rotatable bonds is 7. The lowest BCUT2D eigenvalue weighted by Crippen LogP contribution is -2.37. The Labute approximate surface area is 100 Å². The van der Waals surface area contributed by atoms with Crippen molar-refractivity contribution in [3.63, 3.8) is 0 Å². The van der Waals surface area contributed by atoms with Gasteiger partial charge in [-0.05, 0) is 63.8 Å². The minimum atomic E-state index is 0.719. The van der Waals surface area contributed by atoms with Gasteiger partial charge in [0.1, 0.15) is 0 Å². The third kappa shape index (κ3) is 2.98. The standard InChI is InChI=1S/C14H27NO/c1-3-16-8-4-7-15-11(2)14-10-12-5-6-13(14)9-12/h11-15H,3-10H2,1-2H3. The van der Waals surface area contributed by atoms with Gasteiger partial charge < -0.3 is 10.1 Å². The third-order valence-corrected chi connectivity index (χ3v) is 4.57. The van der Waals surface area contributed by atoms with Crippen LogP contribution in [0.1, 0.15) is 46.0 Å². The Morgan fingerprint density at radius 3 is 2.81 bits per heavy atom. The molecule has 0 aromatic heterocycles. The molecule has 0 heterocycles. The summed E-state index contributed by atoms with van der Waals surface area (Å²) in [5.74, 6) is 3.08. The van der Waals surface area contributed by atoms with Gasteiger partial charge in [-0.25, -0.2) is 0 Å². The second-order valence-electron chi connectivity index (χ2n) is 5.63. The fourth-order valence-corrected chi connectivity index (χ4v) is 3.71. The maximum Gasteiger partial charge on any atom is 0.0477 e. The molecule has 4 unspecified atom stereocenters. The van der Waals surface area contributed by atoms with Crippen LogP contribution in [0.25, 0.3) is 0 Å². The highest BCUT2D eigenvalue weighted by Crippen LogP contribution is 2.49. The molecular weight excluding hydrogens is 198 g/mol. The zero-order chi connectivity index (χ0) is 11.4. The van der Waals surface area contributed by atoms with E-state index in [-0.39, 0.29) is 0 Å². The molecule has 2 bridgehead atoms. The molecule has 2 aliphatic carbocycles. The largest absolute Gasteiger partial charge is 0.382 e. The van der Waals surface area contributed by atoms with E-state index in [1.807, 2.05) is 0 Å². The maximum atomic E-state index is 5.35. The lowest BCUT2D eigenvalue weighted by Gasteiger charge is -2.28. The van der Waals surface area contributed by atoms with E-state index in [1.165, 1.54) is 25.7 Å². The van der Waals surface area contributed by atoms with E-state index in [9.17, 15) is 0 Å². The molecule has 2 fully saturated rings. The summed E-state index contributed by atoms with van der Waals surface area (Å²) in [5, 5.41) is 3.69. The number of nitrogens with one attached hydrogen (secondary N) is 1. The van der Waals surface area contributed by atoms with Crippen LogP contribution < -0.4 is 5.32 Å². The molecule has 0 spiro atoms. The molecule has 2 heteroatoms. The Hall–Kier alpha value is -0.0800. The van der Waals surface area contributed by atoms with E-state index in [4.69, 9.17) is 4.74 Å². The summed E-state index contributed by atoms with van der Waals surface area (Å²) in [7, 11) is 0. The zero-order valence-corrected chi connectivity index (χ0v) is 10.9. The second-order valence-corrected chi connectivity index (χ2v) is 5.63. The van der Waals surface area contributed by atoms with E-state index < -0.39 is 0 Å². The first-order chi connectivity index (χ1) is 7.81. The highest BCUT2D eigenvalue weighted by atomic mass is 16.5. The smallest absolute Gasteiger partial charge is 0.0477 e. The molecule has 2 aliphatic rings. The fraction of sp³-hybridized carbons (Fsp3) is 1.00. The van der Waals surface area contributed by atoms with Gasteiger partial charge in [-0.15, -0.1) is 0 Å². The van der Waals surface area contributed by atoms with Gasteiger partial charge in [0.25, 0.3) is 0 Å². The average Bonchev–Trinajstić information content (AvgIpc) is 2.90. The lowest BCUT2D eigenvalue weighted by molar-refractivity contribution is 0.142. The number of fused-ring (bicyclic) bond motifs is 2. The van der Waals surface area contributed by atoms with Crippen LogP contribution in [-0.2, 0) is 4.74 Å². The quantitative estimate of drug-likeness (QED) is 0.673. The van der Waals surface area contributed by atoms with Crippen molar-refractivity contribution in [2.75, 3.05) is 19.8 Å². The van der Waals surface area contributed by atoms with Crippen LogP contribution in [0.15, 0.2) is 0 Å². The van der Waals surface area contributed by atoms with E-state index >= 15 is 0 Å². The van der Waals surface area contributed by atoms with E-state index in [0.717, 1.165) is 50.0 Å². The monoisotopic (exact) mass is 225 g/mol. The molecule has 2 saturated carbocycles. The zero-order valence-electron chi connectivity index (χ0n) is 10.9. The van der Waals surface area contributed by atoms with Crippen molar-refractivity contribution < 1.29 is 4.74 Å². The highest BCUT2D eigenvalue weighted by Gasteiger charge is 2.41. The van der Waals surface area contributed by atoms with Gasteiger partial charge in [0.05, 0.1) is 0 Å². The Morgan fingerprint density at radius 1 is 1.31 bits per heavy atom. The Balaban J connectivity index is 1.59. The minimum absolute atomic E-state index is 0.719. The maximum absolute atomic E-state index is 5.35. The van der Waals surface area contributed by atoms with Crippen LogP contribution in [0.2, 0.25) is 0 Å². The average molecular weight is 225 g/mol. The van der Waals surface area contributed by atoms with E-state index in [1.54, 1.807) is 0 Å². The van der Waals surface area contributed by atoms with Crippen molar-refractivity contribution in [1.82, 2.24) is 5.32 Å². The molecule has 94 valence electrons. The van der Waals surface area contributed by atoms with Crippen molar-refractivity contribution in [1.29, 1.82) is 0 Å². The van der Waals surface area contributed by atoms with Gasteiger partial charge in [-0.3, -0.25) is 0 Å². The Morgan fingerprint density at radius 2 is 2.19 bits per heavy atom. The van der Waals surface area contributed by atoms with Gasteiger partial charge in [-0.2, -0.15) is 0 Å². The van der Waals surface area contributed by atoms with Crippen molar-refractivity contribution in [2.24, 2.45) is 17.8 Å². The normalized spacial score (nSPS) is 34.5. The van der Waals surface area contributed by atoms with Gasteiger partial charge in [0.2, 0.25) is 0 Å². The molecule has 2 rings (SSSR count). The SMILES string of the molecule is CCOCCCNC(C)C1CC2CCC1C2. The summed E-state index contributed by atoms with van der Waals surface area (Å²) in [6.07, 6.45) is 7.18. The molecule has 16 heavy (non-hydrogen) atoms. The number of ether oxygens (including phenoxy) is 1. The molecule has 4 atom stereocenters. The predicted octanol–water partition coefficient (Wildman–Crippen LogP) is 2.83. The Bertz CT molecular complexity index is 207. The first-order valence-electron chi connectivity index (χ1n) is 7.12. The topological polar surface area (TPSA) is 21.3 Å². The lowest BCUT2D eigenvalue weighted by atomic mass is 9.84. The Kier molecular flexibility index (Phi) is 4.66. The minimum Gasteiger partial charge on any atom is -0.382 e. The van der Waals surface area contributed by atoms with Crippen LogP contribution in [0.3, 0.4) is 0 Å². The first kappa shape index (κ1) is 12.4. The van der Waals surface area contributed by atoms with Crippen LogP contribution in [-0.4, -0.2) is 25.8 Å². The number of hydrogen-bond acceptors (Lipinski definition) is 2. The van der Waals surface area contributed by atoms with Gasteiger partial charge in [0, 0.05) is 19.3 Å². The molecule has 2 nitrogen and oxygen atoms in total. The highest BCUT2D eigenvalue weighted by molar-refractivity contribution is 4.93. The summed E-state index contributed by atoms with van der Waals surface area (Å²) >= 11 is 0. The van der Waals surface area contributed by atoms with Crippen LogP contribution in [0.4, 0.5) is 0 Å². The van der Waals surface area contributed by atoms with E-state index in [0.29, 0.717) is 0 Å². The third-order valence-electron chi connectivity index (χ3n) is 4.57. The number of hydrogen-bond donors (Lipinski definition) is 1. The van der Waals surface area contributed by atoms with Crippen LogP contribution in [0.5, 0.6) is 0 Å². The van der Waals surface area contributed by atoms with Crippen molar-refractivity contribution in [2.45, 2.75) is 52.0 Å². The summed E-state index contributed by atoms with van der Waals surface area (Å²) in [5.41, 5.74) is 0. The van der Waals surface area contributed by atoms with Crippen LogP contribution >= 0.6 is 0 Å². The van der Waals surface area contributed by atoms with Gasteiger partial charge in [0.15, 0.2) is 0 Å². The van der Waals surface area contributed by atoms with Gasteiger partial charge in [-0.1, -0.05) is 6.42 Å². The molecular formula is C14H27NO. The van der Waals surface area contributed by atoms with Crippen molar-refractivity contribution in [3.05, 3.63) is 0 Å². The molecule has 0 aliphatic heterocycles. The molecule has 0 aromatic carbocycles. The fourth-order valence-electron chi connectivity index (χ4n) is 3.71. The van der Waals surface area contributed by atoms with Crippen LogP contribution in [0, 0.1) is 17.8 Å². The summed E-state index contributed by atoms with van der Waals surface area (Å²) in [6.45, 7) is 7.32. The summed E-state index contributed by atoms with van der Waals surface area (Å²) in [6, 6.07) is 0.719.